The van der Waals surface area contributed by atoms with Crippen LogP contribution in [0, 0.1) is 11.8 Å². The van der Waals surface area contributed by atoms with Gasteiger partial charge in [0.15, 0.2) is 17.7 Å². The highest BCUT2D eigenvalue weighted by Gasteiger charge is 2.36. The van der Waals surface area contributed by atoms with Crippen molar-refractivity contribution in [2.45, 2.75) is 24.5 Å². The molecule has 0 saturated carbocycles. The van der Waals surface area contributed by atoms with E-state index in [1.165, 1.54) is 38.3 Å². The summed E-state index contributed by atoms with van der Waals surface area (Å²) in [6.45, 7) is 0.732. The third-order valence-corrected chi connectivity index (χ3v) is 6.51. The van der Waals surface area contributed by atoms with Gasteiger partial charge >= 0.3 is 5.97 Å². The van der Waals surface area contributed by atoms with E-state index in [0.717, 1.165) is 4.31 Å². The van der Waals surface area contributed by atoms with E-state index in [-0.39, 0.29) is 18.2 Å². The molecular formula is C22H22N2O8S. The van der Waals surface area contributed by atoms with Gasteiger partial charge in [0, 0.05) is 6.54 Å². The first-order chi connectivity index (χ1) is 15.8. The number of carboxylic acid groups (broad SMARTS) is 1. The van der Waals surface area contributed by atoms with Crippen molar-refractivity contribution < 1.29 is 37.3 Å². The maximum Gasteiger partial charge on any atom is 0.336 e. The van der Waals surface area contributed by atoms with Gasteiger partial charge in [-0.3, -0.25) is 10.1 Å². The highest BCUT2D eigenvalue weighted by molar-refractivity contribution is 7.89. The third-order valence-electron chi connectivity index (χ3n) is 4.68. The number of methoxy groups -OCH3 is 1. The molecule has 0 saturated heterocycles. The predicted molar refractivity (Wildman–Crippen MR) is 116 cm³/mol. The van der Waals surface area contributed by atoms with Gasteiger partial charge in [-0.2, -0.15) is 4.31 Å². The lowest BCUT2D eigenvalue weighted by molar-refractivity contribution is -0.142. The molecule has 0 aromatic heterocycles. The highest BCUT2D eigenvalue weighted by Crippen LogP contribution is 2.33. The fourth-order valence-corrected chi connectivity index (χ4v) is 4.61. The van der Waals surface area contributed by atoms with Crippen molar-refractivity contribution in [3.63, 3.8) is 0 Å². The van der Waals surface area contributed by atoms with E-state index in [1.807, 2.05) is 0 Å². The molecule has 0 amide bonds. The maximum absolute atomic E-state index is 13.5. The number of nitrogens with one attached hydrogen (secondary N) is 1. The number of hydrogen-bond donors (Lipinski definition) is 2. The fraction of sp³-hybridized carbons (Fsp3) is 0.273. The molecule has 11 heteroatoms. The minimum atomic E-state index is -4.33. The molecule has 2 N–H and O–H groups in total. The molecule has 1 heterocycles. The number of hydrogen-bond acceptors (Lipinski definition) is 8. The first kappa shape index (κ1) is 24.1. The highest BCUT2D eigenvalue weighted by atomic mass is 32.2. The number of ketones is 1. The zero-order valence-electron chi connectivity index (χ0n) is 17.9. The number of ether oxygens (including phenoxy) is 3. The number of carbonyl (C=O) groups excluding carboxylic acids is 1. The van der Waals surface area contributed by atoms with Crippen molar-refractivity contribution in [3.05, 3.63) is 48.0 Å². The average molecular weight is 474 g/mol. The number of rotatable bonds is 10. The molecule has 0 aliphatic carbocycles. The molecule has 10 nitrogen and oxygen atoms in total. The van der Waals surface area contributed by atoms with Crippen LogP contribution in [0.3, 0.4) is 0 Å². The Bertz CT molecular complexity index is 1200. The molecule has 0 bridgehead atoms. The van der Waals surface area contributed by atoms with Crippen LogP contribution in [0.1, 0.15) is 12.5 Å². The van der Waals surface area contributed by atoms with Gasteiger partial charge in [-0.05, 0) is 54.8 Å². The van der Waals surface area contributed by atoms with Gasteiger partial charge in [-0.1, -0.05) is 12.0 Å². The van der Waals surface area contributed by atoms with Gasteiger partial charge in [0.2, 0.25) is 22.6 Å². The summed E-state index contributed by atoms with van der Waals surface area (Å²) in [5, 5.41) is 12.3. The van der Waals surface area contributed by atoms with Gasteiger partial charge in [-0.15, -0.1) is 0 Å². The van der Waals surface area contributed by atoms with E-state index in [0.29, 0.717) is 22.8 Å². The Balaban J connectivity index is 2.00. The second kappa shape index (κ2) is 10.4. The van der Waals surface area contributed by atoms with Crippen molar-refractivity contribution in [2.24, 2.45) is 0 Å². The van der Waals surface area contributed by atoms with Gasteiger partial charge in [0.05, 0.1) is 18.6 Å². The molecular weight excluding hydrogens is 452 g/mol. The number of Topliss-reactive ketones (excluding diaryl/α,β-unsaturated/α-hetero) is 1. The molecule has 1 aliphatic rings. The molecule has 2 aromatic rings. The molecule has 0 spiro atoms. The smallest absolute Gasteiger partial charge is 0.336 e. The largest absolute Gasteiger partial charge is 0.497 e. The molecule has 3 rings (SSSR count). The number of benzene rings is 2. The van der Waals surface area contributed by atoms with Crippen LogP contribution < -0.4 is 19.5 Å². The Morgan fingerprint density at radius 1 is 1.18 bits per heavy atom. The monoisotopic (exact) mass is 474 g/mol. The summed E-state index contributed by atoms with van der Waals surface area (Å²) in [6.07, 6.45) is -1.75. The molecule has 33 heavy (non-hydrogen) atoms. The lowest BCUT2D eigenvalue weighted by Gasteiger charge is -2.28. The Kier molecular flexibility index (Phi) is 7.55. The van der Waals surface area contributed by atoms with E-state index in [1.54, 1.807) is 18.2 Å². The van der Waals surface area contributed by atoms with Crippen molar-refractivity contribution in [1.29, 1.82) is 0 Å². The van der Waals surface area contributed by atoms with Crippen molar-refractivity contribution in [3.8, 4) is 29.1 Å². The summed E-state index contributed by atoms with van der Waals surface area (Å²) in [4.78, 5) is 23.8. The molecule has 0 unspecified atom stereocenters. The van der Waals surface area contributed by atoms with Crippen LogP contribution >= 0.6 is 0 Å². The lowest BCUT2D eigenvalue weighted by atomic mass is 10.2. The van der Waals surface area contributed by atoms with Crippen LogP contribution in [0.15, 0.2) is 47.4 Å². The SMILES string of the molecule is CC#CC(=O)CN[C@H](C(=O)O)N(Cc1ccc2c(c1)OCO2)S(=O)(=O)c1ccc(OC)cc1. The quantitative estimate of drug-likeness (QED) is 0.296. The number of nitrogens with zero attached hydrogens (tertiary/aromatic N) is 1. The zero-order chi connectivity index (χ0) is 24.0. The molecule has 174 valence electrons. The van der Waals surface area contributed by atoms with E-state index in [4.69, 9.17) is 14.2 Å². The van der Waals surface area contributed by atoms with Crippen molar-refractivity contribution >= 4 is 21.8 Å². The number of aliphatic carboxylic acids is 1. The Morgan fingerprint density at radius 3 is 2.52 bits per heavy atom. The van der Waals surface area contributed by atoms with Crippen LogP contribution in [0.25, 0.3) is 0 Å². The maximum atomic E-state index is 13.5. The number of fused-ring (bicyclic) bond motifs is 1. The summed E-state index contributed by atoms with van der Waals surface area (Å²) in [5.74, 6) is 4.01. The fourth-order valence-electron chi connectivity index (χ4n) is 3.10. The van der Waals surface area contributed by atoms with Gasteiger partial charge in [-0.25, -0.2) is 13.2 Å². The normalized spacial score (nSPS) is 13.2. The van der Waals surface area contributed by atoms with Crippen LogP contribution in [0.5, 0.6) is 17.2 Å². The third kappa shape index (κ3) is 5.61. The summed E-state index contributed by atoms with van der Waals surface area (Å²) in [7, 11) is -2.89. The molecule has 0 fully saturated rings. The van der Waals surface area contributed by atoms with Gasteiger partial charge < -0.3 is 19.3 Å². The molecule has 2 aromatic carbocycles. The first-order valence-corrected chi connectivity index (χ1v) is 11.2. The van der Waals surface area contributed by atoms with E-state index in [2.05, 4.69) is 17.2 Å². The van der Waals surface area contributed by atoms with E-state index >= 15 is 0 Å². The van der Waals surface area contributed by atoms with Crippen LogP contribution in [0.4, 0.5) is 0 Å². The number of carbonyl (C=O) groups is 2. The Labute approximate surface area is 191 Å². The molecule has 1 aliphatic heterocycles. The van der Waals surface area contributed by atoms with Crippen molar-refractivity contribution in [1.82, 2.24) is 9.62 Å². The van der Waals surface area contributed by atoms with E-state index in [9.17, 15) is 23.1 Å². The summed E-state index contributed by atoms with van der Waals surface area (Å²) < 4.78 is 43.4. The van der Waals surface area contributed by atoms with Gasteiger partial charge in [0.1, 0.15) is 5.75 Å². The first-order valence-electron chi connectivity index (χ1n) is 9.72. The number of sulfonamides is 1. The second-order valence-corrected chi connectivity index (χ2v) is 8.72. The van der Waals surface area contributed by atoms with Crippen LogP contribution in [-0.4, -0.2) is 56.2 Å². The van der Waals surface area contributed by atoms with E-state index < -0.39 is 34.5 Å². The summed E-state index contributed by atoms with van der Waals surface area (Å²) in [6, 6.07) is 10.3. The minimum Gasteiger partial charge on any atom is -0.497 e. The topological polar surface area (TPSA) is 131 Å². The van der Waals surface area contributed by atoms with Crippen LogP contribution in [-0.2, 0) is 26.2 Å². The average Bonchev–Trinajstić information content (AvgIpc) is 3.26. The lowest BCUT2D eigenvalue weighted by Crippen LogP contribution is -2.54. The molecule has 1 atom stereocenters. The Hall–Kier alpha value is -3.59. The predicted octanol–water partition coefficient (Wildman–Crippen LogP) is 1.21. The number of carboxylic acids is 1. The Morgan fingerprint density at radius 2 is 1.88 bits per heavy atom. The molecule has 0 radical (unpaired) electrons. The minimum absolute atomic E-state index is 0.0343. The van der Waals surface area contributed by atoms with Gasteiger partial charge in [0.25, 0.3) is 0 Å². The second-order valence-electron chi connectivity index (χ2n) is 6.83. The summed E-state index contributed by atoms with van der Waals surface area (Å²) in [5.41, 5.74) is 0.462. The zero-order valence-corrected chi connectivity index (χ0v) is 18.7. The van der Waals surface area contributed by atoms with Crippen molar-refractivity contribution in [2.75, 3.05) is 20.4 Å². The van der Waals surface area contributed by atoms with Crippen LogP contribution in [0.2, 0.25) is 0 Å². The summed E-state index contributed by atoms with van der Waals surface area (Å²) >= 11 is 0. The standard InChI is InChI=1S/C22H22N2O8S/c1-3-4-16(25)12-23-21(22(26)27)24(13-15-5-10-19-20(11-15)32-14-31-19)33(28,29)18-8-6-17(30-2)7-9-18/h5-11,21,23H,12-14H2,1-2H3,(H,26,27)/t21-/m0/s1.